The molecule has 2 N–H and O–H groups in total. The van der Waals surface area contributed by atoms with E-state index in [4.69, 9.17) is 5.11 Å². The Labute approximate surface area is 144 Å². The van der Waals surface area contributed by atoms with Crippen LogP contribution in [0.3, 0.4) is 0 Å². The van der Waals surface area contributed by atoms with E-state index in [1.165, 1.54) is 24.4 Å². The number of benzene rings is 1. The van der Waals surface area contributed by atoms with Crippen molar-refractivity contribution in [3.8, 4) is 0 Å². The Kier molecular flexibility index (Phi) is 4.64. The average molecular weight is 367 g/mol. The second-order valence-electron chi connectivity index (χ2n) is 5.50. The summed E-state index contributed by atoms with van der Waals surface area (Å²) in [5.41, 5.74) is -0.615. The van der Waals surface area contributed by atoms with Gasteiger partial charge in [-0.3, -0.25) is 9.78 Å². The van der Waals surface area contributed by atoms with Crippen molar-refractivity contribution in [1.29, 1.82) is 0 Å². The average Bonchev–Trinajstić information content (AvgIpc) is 2.92. The minimum Gasteiger partial charge on any atom is -0.395 e. The molecule has 0 saturated heterocycles. The van der Waals surface area contributed by atoms with Crippen LogP contribution in [0.4, 0.5) is 23.2 Å². The molecule has 0 atom stereocenters. The van der Waals surface area contributed by atoms with E-state index in [9.17, 15) is 22.4 Å². The lowest BCUT2D eigenvalue weighted by Gasteiger charge is -2.08. The number of carbonyl (C=O) groups is 1. The van der Waals surface area contributed by atoms with Gasteiger partial charge in [0, 0.05) is 35.5 Å². The van der Waals surface area contributed by atoms with Crippen LogP contribution in [0.15, 0.2) is 42.7 Å². The van der Waals surface area contributed by atoms with E-state index in [1.54, 1.807) is 4.57 Å². The molecule has 136 valence electrons. The molecule has 0 saturated carbocycles. The molecule has 0 aliphatic rings. The Bertz CT molecular complexity index is 966. The molecule has 0 bridgehead atoms. The maximum absolute atomic E-state index is 13.6. The number of anilines is 1. The molecule has 0 aliphatic heterocycles. The van der Waals surface area contributed by atoms with Crippen LogP contribution in [-0.2, 0) is 12.7 Å². The summed E-state index contributed by atoms with van der Waals surface area (Å²) < 4.78 is 53.3. The largest absolute Gasteiger partial charge is 0.433 e. The number of halogens is 4. The fourth-order valence-corrected chi connectivity index (χ4v) is 2.60. The number of amides is 1. The molecule has 3 rings (SSSR count). The number of nitrogens with one attached hydrogen (secondary N) is 1. The van der Waals surface area contributed by atoms with Gasteiger partial charge in [-0.05, 0) is 30.3 Å². The molecule has 0 aliphatic carbocycles. The molecule has 0 unspecified atom stereocenters. The molecule has 0 fully saturated rings. The maximum atomic E-state index is 13.6. The van der Waals surface area contributed by atoms with Gasteiger partial charge in [0.15, 0.2) is 0 Å². The number of aromatic nitrogens is 2. The van der Waals surface area contributed by atoms with E-state index < -0.39 is 23.6 Å². The SMILES string of the molecule is O=C(Nc1ccnc(C(F)(F)F)c1)c1cn(CCO)c2ccc(F)cc12. The topological polar surface area (TPSA) is 67.2 Å². The fourth-order valence-electron chi connectivity index (χ4n) is 2.60. The lowest BCUT2D eigenvalue weighted by Crippen LogP contribution is -2.14. The minimum atomic E-state index is -4.64. The van der Waals surface area contributed by atoms with E-state index in [2.05, 4.69) is 10.3 Å². The smallest absolute Gasteiger partial charge is 0.395 e. The molecule has 2 aromatic heterocycles. The highest BCUT2D eigenvalue weighted by atomic mass is 19.4. The van der Waals surface area contributed by atoms with E-state index >= 15 is 0 Å². The fraction of sp³-hybridized carbons (Fsp3) is 0.176. The molecule has 2 heterocycles. The summed E-state index contributed by atoms with van der Waals surface area (Å²) >= 11 is 0. The van der Waals surface area contributed by atoms with E-state index in [1.807, 2.05) is 0 Å². The van der Waals surface area contributed by atoms with Gasteiger partial charge >= 0.3 is 6.18 Å². The van der Waals surface area contributed by atoms with Crippen molar-refractivity contribution in [2.24, 2.45) is 0 Å². The zero-order valence-electron chi connectivity index (χ0n) is 13.2. The van der Waals surface area contributed by atoms with Gasteiger partial charge < -0.3 is 15.0 Å². The van der Waals surface area contributed by atoms with Crippen LogP contribution in [0.5, 0.6) is 0 Å². The number of hydrogen-bond donors (Lipinski definition) is 2. The number of fused-ring (bicyclic) bond motifs is 1. The minimum absolute atomic E-state index is 0.0818. The summed E-state index contributed by atoms with van der Waals surface area (Å²) in [6.07, 6.45) is -2.28. The van der Waals surface area contributed by atoms with E-state index in [-0.39, 0.29) is 24.4 Å². The van der Waals surface area contributed by atoms with Gasteiger partial charge in [0.2, 0.25) is 0 Å². The van der Waals surface area contributed by atoms with Crippen LogP contribution in [0, 0.1) is 5.82 Å². The first kappa shape index (κ1) is 17.9. The van der Waals surface area contributed by atoms with Crippen molar-refractivity contribution >= 4 is 22.5 Å². The van der Waals surface area contributed by atoms with Gasteiger partial charge in [-0.2, -0.15) is 13.2 Å². The van der Waals surface area contributed by atoms with Gasteiger partial charge in [0.25, 0.3) is 5.91 Å². The van der Waals surface area contributed by atoms with E-state index in [0.29, 0.717) is 17.0 Å². The number of aliphatic hydroxyl groups excluding tert-OH is 1. The van der Waals surface area contributed by atoms with Gasteiger partial charge in [-0.25, -0.2) is 4.39 Å². The van der Waals surface area contributed by atoms with Crippen molar-refractivity contribution in [2.75, 3.05) is 11.9 Å². The summed E-state index contributed by atoms with van der Waals surface area (Å²) in [6, 6.07) is 5.78. The van der Waals surface area contributed by atoms with Gasteiger partial charge in [0.1, 0.15) is 11.5 Å². The Morgan fingerprint density at radius 1 is 1.23 bits per heavy atom. The number of carbonyl (C=O) groups excluding carboxylic acids is 1. The van der Waals surface area contributed by atoms with Crippen molar-refractivity contribution in [1.82, 2.24) is 9.55 Å². The lowest BCUT2D eigenvalue weighted by atomic mass is 10.1. The molecule has 5 nitrogen and oxygen atoms in total. The number of nitrogens with zero attached hydrogens (tertiary/aromatic N) is 2. The van der Waals surface area contributed by atoms with Crippen molar-refractivity contribution in [2.45, 2.75) is 12.7 Å². The van der Waals surface area contributed by atoms with Crippen LogP contribution in [0.25, 0.3) is 10.9 Å². The summed E-state index contributed by atoms with van der Waals surface area (Å²) in [5.74, 6) is -1.26. The quantitative estimate of drug-likeness (QED) is 0.695. The van der Waals surface area contributed by atoms with Crippen molar-refractivity contribution in [3.63, 3.8) is 0 Å². The number of hydrogen-bond acceptors (Lipinski definition) is 3. The summed E-state index contributed by atoms with van der Waals surface area (Å²) in [4.78, 5) is 15.7. The molecule has 1 amide bonds. The monoisotopic (exact) mass is 367 g/mol. The van der Waals surface area contributed by atoms with Crippen molar-refractivity contribution < 1.29 is 27.5 Å². The number of alkyl halides is 3. The predicted molar refractivity (Wildman–Crippen MR) is 86.2 cm³/mol. The predicted octanol–water partition coefficient (Wildman–Crippen LogP) is 3.44. The number of rotatable bonds is 4. The molecule has 0 radical (unpaired) electrons. The Balaban J connectivity index is 1.97. The highest BCUT2D eigenvalue weighted by Crippen LogP contribution is 2.29. The number of pyridine rings is 1. The molecular weight excluding hydrogens is 354 g/mol. The second-order valence-corrected chi connectivity index (χ2v) is 5.50. The van der Waals surface area contributed by atoms with Crippen LogP contribution in [0.2, 0.25) is 0 Å². The third-order valence-electron chi connectivity index (χ3n) is 3.74. The third kappa shape index (κ3) is 3.52. The lowest BCUT2D eigenvalue weighted by molar-refractivity contribution is -0.141. The summed E-state index contributed by atoms with van der Waals surface area (Å²) in [6.45, 7) is -0.00952. The highest BCUT2D eigenvalue weighted by molar-refractivity contribution is 6.13. The van der Waals surface area contributed by atoms with Gasteiger partial charge in [0.05, 0.1) is 12.2 Å². The Morgan fingerprint density at radius 2 is 2.00 bits per heavy atom. The molecule has 26 heavy (non-hydrogen) atoms. The zero-order valence-corrected chi connectivity index (χ0v) is 13.2. The summed E-state index contributed by atoms with van der Waals surface area (Å²) in [7, 11) is 0. The number of aliphatic hydroxyl groups is 1. The molecule has 0 spiro atoms. The molecule has 9 heteroatoms. The Hall–Kier alpha value is -2.94. The first-order chi connectivity index (χ1) is 12.3. The van der Waals surface area contributed by atoms with Gasteiger partial charge in [-0.15, -0.1) is 0 Å². The molecule has 1 aromatic carbocycles. The summed E-state index contributed by atoms with van der Waals surface area (Å²) in [5, 5.41) is 11.8. The standard InChI is InChI=1S/C17H13F4N3O2/c18-10-1-2-14-12(7-10)13(9-24(14)5-6-25)16(26)23-11-3-4-22-15(8-11)17(19,20)21/h1-4,7-9,25H,5-6H2,(H,22,23,26). The maximum Gasteiger partial charge on any atom is 0.433 e. The second kappa shape index (κ2) is 6.75. The van der Waals surface area contributed by atoms with Crippen LogP contribution in [-0.4, -0.2) is 27.2 Å². The third-order valence-corrected chi connectivity index (χ3v) is 3.74. The normalized spacial score (nSPS) is 11.7. The molecular formula is C17H13F4N3O2. The first-order valence-electron chi connectivity index (χ1n) is 7.53. The van der Waals surface area contributed by atoms with E-state index in [0.717, 1.165) is 12.3 Å². The highest BCUT2D eigenvalue weighted by Gasteiger charge is 2.32. The Morgan fingerprint density at radius 3 is 2.69 bits per heavy atom. The van der Waals surface area contributed by atoms with Gasteiger partial charge in [-0.1, -0.05) is 0 Å². The van der Waals surface area contributed by atoms with Crippen molar-refractivity contribution in [3.05, 3.63) is 59.8 Å². The zero-order chi connectivity index (χ0) is 18.9. The molecule has 3 aromatic rings. The van der Waals surface area contributed by atoms with Crippen LogP contribution in [0.1, 0.15) is 16.1 Å². The van der Waals surface area contributed by atoms with Crippen LogP contribution >= 0.6 is 0 Å². The van der Waals surface area contributed by atoms with Crippen LogP contribution < -0.4 is 5.32 Å². The first-order valence-corrected chi connectivity index (χ1v) is 7.53.